The Kier molecular flexibility index (Phi) is 5.92. The number of methoxy groups -OCH3 is 1. The topological polar surface area (TPSA) is 87.1 Å². The Morgan fingerprint density at radius 3 is 2.42 bits per heavy atom. The zero-order valence-electron chi connectivity index (χ0n) is 18.7. The van der Waals surface area contributed by atoms with Crippen LogP contribution in [0.25, 0.3) is 5.76 Å². The maximum absolute atomic E-state index is 13.2. The van der Waals surface area contributed by atoms with Crippen molar-refractivity contribution in [1.29, 1.82) is 0 Å². The summed E-state index contributed by atoms with van der Waals surface area (Å²) in [5.74, 6) is -1.12. The van der Waals surface area contributed by atoms with Crippen molar-refractivity contribution in [3.63, 3.8) is 0 Å². The van der Waals surface area contributed by atoms with Crippen LogP contribution < -0.4 is 4.74 Å². The zero-order valence-corrected chi connectivity index (χ0v) is 18.7. The lowest BCUT2D eigenvalue weighted by Gasteiger charge is -2.26. The first-order valence-electron chi connectivity index (χ1n) is 10.6. The van der Waals surface area contributed by atoms with Gasteiger partial charge in [-0.15, -0.1) is 0 Å². The van der Waals surface area contributed by atoms with Gasteiger partial charge in [0.15, 0.2) is 0 Å². The average Bonchev–Trinajstić information content (AvgIpc) is 3.06. The minimum atomic E-state index is -0.809. The van der Waals surface area contributed by atoms with Gasteiger partial charge < -0.3 is 19.8 Å². The van der Waals surface area contributed by atoms with E-state index in [9.17, 15) is 19.8 Å². The normalized spacial score (nSPS) is 17.4. The molecule has 1 atom stereocenters. The number of phenolic OH excluding ortho intramolecular Hbond substituents is 1. The van der Waals surface area contributed by atoms with Gasteiger partial charge in [0.1, 0.15) is 17.3 Å². The van der Waals surface area contributed by atoms with E-state index >= 15 is 0 Å². The molecule has 0 aliphatic carbocycles. The van der Waals surface area contributed by atoms with Gasteiger partial charge in [0.25, 0.3) is 11.7 Å². The van der Waals surface area contributed by atoms with E-state index in [0.717, 1.165) is 16.7 Å². The van der Waals surface area contributed by atoms with E-state index < -0.39 is 17.7 Å². The van der Waals surface area contributed by atoms with Gasteiger partial charge >= 0.3 is 0 Å². The lowest BCUT2D eigenvalue weighted by Crippen LogP contribution is -2.29. The summed E-state index contributed by atoms with van der Waals surface area (Å²) >= 11 is 0. The standard InChI is InChI=1S/C27H25NO5/c1-16-7-8-17(2)20(13-16)15-28-24(18-9-11-21(29)12-10-18)23(26(31)27(28)32)25(30)19-5-4-6-22(14-19)33-3/h4-14,24,29-30H,15H2,1-3H3/b25-23+. The fraction of sp³-hybridized carbons (Fsp3) is 0.185. The molecule has 2 N–H and O–H groups in total. The first-order valence-corrected chi connectivity index (χ1v) is 10.6. The minimum Gasteiger partial charge on any atom is -0.508 e. The van der Waals surface area contributed by atoms with E-state index in [1.54, 1.807) is 36.4 Å². The molecular formula is C27H25NO5. The molecule has 0 aromatic heterocycles. The molecule has 0 radical (unpaired) electrons. The summed E-state index contributed by atoms with van der Waals surface area (Å²) < 4.78 is 5.24. The maximum atomic E-state index is 13.2. The van der Waals surface area contributed by atoms with Crippen molar-refractivity contribution in [2.24, 2.45) is 0 Å². The number of ketones is 1. The number of hydrogen-bond acceptors (Lipinski definition) is 5. The number of Topliss-reactive ketones (excluding diaryl/α,β-unsaturated/α-hetero) is 1. The molecule has 33 heavy (non-hydrogen) atoms. The van der Waals surface area contributed by atoms with E-state index in [-0.39, 0.29) is 23.6 Å². The smallest absolute Gasteiger partial charge is 0.295 e. The first kappa shape index (κ1) is 22.1. The first-order chi connectivity index (χ1) is 15.8. The van der Waals surface area contributed by atoms with Gasteiger partial charge in [-0.05, 0) is 54.8 Å². The summed E-state index contributed by atoms with van der Waals surface area (Å²) in [6.07, 6.45) is 0. The van der Waals surface area contributed by atoms with Crippen molar-refractivity contribution in [1.82, 2.24) is 4.90 Å². The number of carbonyl (C=O) groups excluding carboxylic acids is 2. The predicted molar refractivity (Wildman–Crippen MR) is 125 cm³/mol. The molecule has 1 amide bonds. The van der Waals surface area contributed by atoms with Crippen molar-refractivity contribution in [2.45, 2.75) is 26.4 Å². The number of carbonyl (C=O) groups is 2. The molecule has 1 aliphatic rings. The molecule has 1 saturated heterocycles. The third-order valence-corrected chi connectivity index (χ3v) is 5.94. The number of rotatable bonds is 5. The summed E-state index contributed by atoms with van der Waals surface area (Å²) in [6.45, 7) is 4.13. The van der Waals surface area contributed by atoms with Crippen LogP contribution in [0.4, 0.5) is 0 Å². The highest BCUT2D eigenvalue weighted by molar-refractivity contribution is 6.46. The number of benzene rings is 3. The fourth-order valence-corrected chi connectivity index (χ4v) is 4.13. The lowest BCUT2D eigenvalue weighted by atomic mass is 9.94. The number of nitrogens with zero attached hydrogens (tertiary/aromatic N) is 1. The highest BCUT2D eigenvalue weighted by Gasteiger charge is 2.46. The summed E-state index contributed by atoms with van der Waals surface area (Å²) in [4.78, 5) is 27.8. The summed E-state index contributed by atoms with van der Waals surface area (Å²) in [5.41, 5.74) is 3.96. The minimum absolute atomic E-state index is 0.00393. The molecule has 0 bridgehead atoms. The van der Waals surface area contributed by atoms with E-state index in [2.05, 4.69) is 0 Å². The highest BCUT2D eigenvalue weighted by Crippen LogP contribution is 2.41. The Morgan fingerprint density at radius 1 is 1.00 bits per heavy atom. The lowest BCUT2D eigenvalue weighted by molar-refractivity contribution is -0.140. The number of aromatic hydroxyl groups is 1. The number of phenols is 1. The number of aryl methyl sites for hydroxylation is 2. The summed E-state index contributed by atoms with van der Waals surface area (Å²) in [5, 5.41) is 20.9. The predicted octanol–water partition coefficient (Wildman–Crippen LogP) is 4.64. The Balaban J connectivity index is 1.88. The number of ether oxygens (including phenoxy) is 1. The molecule has 168 valence electrons. The average molecular weight is 443 g/mol. The molecule has 4 rings (SSSR count). The van der Waals surface area contributed by atoms with Crippen LogP contribution in [0, 0.1) is 13.8 Å². The Labute approximate surface area is 192 Å². The Morgan fingerprint density at radius 2 is 1.73 bits per heavy atom. The summed E-state index contributed by atoms with van der Waals surface area (Å²) in [7, 11) is 1.51. The second-order valence-corrected chi connectivity index (χ2v) is 8.18. The number of likely N-dealkylation sites (tertiary alicyclic amines) is 1. The monoisotopic (exact) mass is 443 g/mol. The van der Waals surface area contributed by atoms with Gasteiger partial charge in [0.2, 0.25) is 0 Å². The van der Waals surface area contributed by atoms with Crippen LogP contribution in [-0.4, -0.2) is 33.9 Å². The Bertz CT molecular complexity index is 1260. The van der Waals surface area contributed by atoms with Crippen LogP contribution in [0.3, 0.4) is 0 Å². The molecule has 6 nitrogen and oxygen atoms in total. The van der Waals surface area contributed by atoms with Crippen molar-refractivity contribution < 1.29 is 24.5 Å². The van der Waals surface area contributed by atoms with E-state index in [0.29, 0.717) is 16.9 Å². The van der Waals surface area contributed by atoms with Gasteiger partial charge in [0.05, 0.1) is 18.7 Å². The number of aliphatic hydroxyl groups is 1. The zero-order chi connectivity index (χ0) is 23.7. The van der Waals surface area contributed by atoms with Crippen LogP contribution in [0.15, 0.2) is 72.3 Å². The van der Waals surface area contributed by atoms with Gasteiger partial charge in [-0.1, -0.05) is 48.0 Å². The van der Waals surface area contributed by atoms with Crippen LogP contribution in [-0.2, 0) is 16.1 Å². The largest absolute Gasteiger partial charge is 0.508 e. The van der Waals surface area contributed by atoms with Gasteiger partial charge in [-0.3, -0.25) is 9.59 Å². The summed E-state index contributed by atoms with van der Waals surface area (Å²) in [6, 6.07) is 18.2. The molecular weight excluding hydrogens is 418 g/mol. The molecule has 1 unspecified atom stereocenters. The molecule has 1 heterocycles. The number of hydrogen-bond donors (Lipinski definition) is 2. The second-order valence-electron chi connectivity index (χ2n) is 8.18. The number of aliphatic hydroxyl groups excluding tert-OH is 1. The highest BCUT2D eigenvalue weighted by atomic mass is 16.5. The van der Waals surface area contributed by atoms with Crippen LogP contribution in [0.1, 0.15) is 33.9 Å². The van der Waals surface area contributed by atoms with Crippen LogP contribution in [0.2, 0.25) is 0 Å². The third-order valence-electron chi connectivity index (χ3n) is 5.94. The van der Waals surface area contributed by atoms with Gasteiger partial charge in [0, 0.05) is 12.1 Å². The SMILES string of the molecule is COc1cccc(/C(O)=C2\C(=O)C(=O)N(Cc3cc(C)ccc3C)C2c2ccc(O)cc2)c1. The van der Waals surface area contributed by atoms with Crippen molar-refractivity contribution in [2.75, 3.05) is 7.11 Å². The quantitative estimate of drug-likeness (QED) is 0.341. The van der Waals surface area contributed by atoms with Gasteiger partial charge in [-0.25, -0.2) is 0 Å². The van der Waals surface area contributed by atoms with E-state index in [1.807, 2.05) is 32.0 Å². The number of amides is 1. The molecule has 0 saturated carbocycles. The Hall–Kier alpha value is -4.06. The fourth-order valence-electron chi connectivity index (χ4n) is 4.13. The van der Waals surface area contributed by atoms with E-state index in [1.165, 1.54) is 24.1 Å². The molecule has 3 aromatic rings. The molecule has 6 heteroatoms. The maximum Gasteiger partial charge on any atom is 0.295 e. The molecule has 1 aliphatic heterocycles. The van der Waals surface area contributed by atoms with Crippen LogP contribution >= 0.6 is 0 Å². The van der Waals surface area contributed by atoms with Crippen molar-refractivity contribution in [3.8, 4) is 11.5 Å². The van der Waals surface area contributed by atoms with Crippen molar-refractivity contribution in [3.05, 3.63) is 100 Å². The molecule has 0 spiro atoms. The van der Waals surface area contributed by atoms with Crippen molar-refractivity contribution >= 4 is 17.4 Å². The molecule has 3 aromatic carbocycles. The molecule has 1 fully saturated rings. The van der Waals surface area contributed by atoms with E-state index in [4.69, 9.17) is 4.74 Å². The third kappa shape index (κ3) is 4.20. The van der Waals surface area contributed by atoms with Gasteiger partial charge in [-0.2, -0.15) is 0 Å². The second kappa shape index (κ2) is 8.82. The van der Waals surface area contributed by atoms with Crippen LogP contribution in [0.5, 0.6) is 11.5 Å².